The molecule has 1 heterocycles. The number of thioether (sulfide) groups is 1. The Hall–Kier alpha value is -0.910. The van der Waals surface area contributed by atoms with Crippen LogP contribution in [-0.2, 0) is 0 Å². The molecule has 0 radical (unpaired) electrons. The molecule has 0 saturated carbocycles. The van der Waals surface area contributed by atoms with Crippen molar-refractivity contribution in [1.29, 1.82) is 0 Å². The molecule has 1 fully saturated rings. The number of hydrogen-bond acceptors (Lipinski definition) is 5. The number of rotatable bonds is 6. The first-order valence-corrected chi connectivity index (χ1v) is 8.60. The Morgan fingerprint density at radius 3 is 2.81 bits per heavy atom. The normalized spacial score (nSPS) is 21.0. The molecule has 5 heteroatoms. The van der Waals surface area contributed by atoms with Crippen LogP contribution in [0.1, 0.15) is 18.5 Å². The molecule has 2 unspecified atom stereocenters. The number of nitrogens with zero attached hydrogens (tertiary/aromatic N) is 1. The van der Waals surface area contributed by atoms with Gasteiger partial charge in [-0.2, -0.15) is 11.8 Å². The van der Waals surface area contributed by atoms with Crippen molar-refractivity contribution in [2.24, 2.45) is 0 Å². The molecule has 1 saturated heterocycles. The molecule has 1 aliphatic heterocycles. The van der Waals surface area contributed by atoms with Crippen LogP contribution in [0, 0.1) is 0 Å². The number of hydrogen-bond donors (Lipinski definition) is 1. The van der Waals surface area contributed by atoms with E-state index in [0.29, 0.717) is 6.04 Å². The first-order chi connectivity index (χ1) is 10.2. The Bertz CT molecular complexity index is 456. The number of nitrogens with one attached hydrogen (secondary N) is 1. The van der Waals surface area contributed by atoms with Gasteiger partial charge in [-0.1, -0.05) is 6.92 Å². The molecular formula is C16H26N2O2S. The molecule has 0 spiro atoms. The lowest BCUT2D eigenvalue weighted by Crippen LogP contribution is -2.47. The van der Waals surface area contributed by atoms with Gasteiger partial charge in [-0.25, -0.2) is 0 Å². The van der Waals surface area contributed by atoms with Crippen molar-refractivity contribution in [3.05, 3.63) is 23.8 Å². The third-order valence-corrected chi connectivity index (χ3v) is 5.07. The molecule has 1 aromatic rings. The first kappa shape index (κ1) is 16.5. The molecule has 2 atom stereocenters. The Morgan fingerprint density at radius 1 is 1.38 bits per heavy atom. The highest BCUT2D eigenvalue weighted by molar-refractivity contribution is 7.99. The summed E-state index contributed by atoms with van der Waals surface area (Å²) in [6.07, 6.45) is 0. The maximum atomic E-state index is 5.58. The van der Waals surface area contributed by atoms with Crippen LogP contribution in [0.3, 0.4) is 0 Å². The van der Waals surface area contributed by atoms with E-state index < -0.39 is 0 Å². The van der Waals surface area contributed by atoms with Gasteiger partial charge in [0.15, 0.2) is 0 Å². The first-order valence-electron chi connectivity index (χ1n) is 7.44. The largest absolute Gasteiger partial charge is 0.497 e. The highest BCUT2D eigenvalue weighted by Crippen LogP contribution is 2.34. The van der Waals surface area contributed by atoms with Gasteiger partial charge in [-0.3, -0.25) is 4.90 Å². The van der Waals surface area contributed by atoms with Crippen LogP contribution in [0.5, 0.6) is 11.5 Å². The summed E-state index contributed by atoms with van der Waals surface area (Å²) in [6.45, 7) is 4.21. The average molecular weight is 310 g/mol. The molecule has 0 amide bonds. The molecule has 1 N–H and O–H groups in total. The lowest BCUT2D eigenvalue weighted by atomic mass is 9.97. The van der Waals surface area contributed by atoms with Crippen LogP contribution in [0.15, 0.2) is 18.2 Å². The van der Waals surface area contributed by atoms with Gasteiger partial charge in [0.1, 0.15) is 11.5 Å². The zero-order chi connectivity index (χ0) is 15.2. The molecule has 2 rings (SSSR count). The second-order valence-corrected chi connectivity index (χ2v) is 6.42. The summed E-state index contributed by atoms with van der Waals surface area (Å²) in [6, 6.07) is 6.75. The Labute approximate surface area is 132 Å². The Kier molecular flexibility index (Phi) is 6.21. The third kappa shape index (κ3) is 3.84. The summed E-state index contributed by atoms with van der Waals surface area (Å²) in [4.78, 5) is 2.45. The quantitative estimate of drug-likeness (QED) is 0.872. The molecular weight excluding hydrogens is 284 g/mol. The van der Waals surface area contributed by atoms with Crippen LogP contribution in [0.2, 0.25) is 0 Å². The molecule has 0 aliphatic carbocycles. The van der Waals surface area contributed by atoms with Crippen molar-refractivity contribution in [2.75, 3.05) is 45.9 Å². The van der Waals surface area contributed by atoms with Crippen molar-refractivity contribution in [3.63, 3.8) is 0 Å². The van der Waals surface area contributed by atoms with Gasteiger partial charge in [0.05, 0.1) is 20.3 Å². The highest BCUT2D eigenvalue weighted by atomic mass is 32.2. The summed E-state index contributed by atoms with van der Waals surface area (Å²) < 4.78 is 11.0. The third-order valence-electron chi connectivity index (χ3n) is 4.02. The number of methoxy groups -OCH3 is 2. The fourth-order valence-corrected chi connectivity index (χ4v) is 4.08. The van der Waals surface area contributed by atoms with Gasteiger partial charge in [0.2, 0.25) is 0 Å². The van der Waals surface area contributed by atoms with Crippen LogP contribution in [0.25, 0.3) is 0 Å². The monoisotopic (exact) mass is 310 g/mol. The fourth-order valence-electron chi connectivity index (χ4n) is 2.81. The van der Waals surface area contributed by atoms with Crippen molar-refractivity contribution in [3.8, 4) is 11.5 Å². The zero-order valence-corrected chi connectivity index (χ0v) is 14.2. The topological polar surface area (TPSA) is 33.7 Å². The van der Waals surface area contributed by atoms with Gasteiger partial charge in [0.25, 0.3) is 0 Å². The molecule has 4 nitrogen and oxygen atoms in total. The number of likely N-dealkylation sites (N-methyl/N-ethyl adjacent to an activating group) is 2. The predicted octanol–water partition coefficient (Wildman–Crippen LogP) is 2.40. The van der Waals surface area contributed by atoms with Crippen molar-refractivity contribution in [2.45, 2.75) is 19.0 Å². The van der Waals surface area contributed by atoms with Crippen LogP contribution < -0.4 is 14.8 Å². The lowest BCUT2D eigenvalue weighted by Gasteiger charge is -2.38. The maximum Gasteiger partial charge on any atom is 0.123 e. The maximum absolute atomic E-state index is 5.58. The minimum atomic E-state index is 0.248. The van der Waals surface area contributed by atoms with E-state index in [4.69, 9.17) is 9.47 Å². The number of benzene rings is 1. The highest BCUT2D eigenvalue weighted by Gasteiger charge is 2.30. The van der Waals surface area contributed by atoms with Gasteiger partial charge < -0.3 is 14.8 Å². The Balaban J connectivity index is 2.36. The predicted molar refractivity (Wildman–Crippen MR) is 89.7 cm³/mol. The summed E-state index contributed by atoms with van der Waals surface area (Å²) in [5.74, 6) is 4.14. The molecule has 21 heavy (non-hydrogen) atoms. The summed E-state index contributed by atoms with van der Waals surface area (Å²) in [5.41, 5.74) is 1.18. The molecule has 0 aromatic heterocycles. The van der Waals surface area contributed by atoms with E-state index in [1.54, 1.807) is 14.2 Å². The summed E-state index contributed by atoms with van der Waals surface area (Å²) in [7, 11) is 5.64. The van der Waals surface area contributed by atoms with Crippen molar-refractivity contribution in [1.82, 2.24) is 10.2 Å². The lowest BCUT2D eigenvalue weighted by molar-refractivity contribution is 0.214. The van der Waals surface area contributed by atoms with E-state index >= 15 is 0 Å². The average Bonchev–Trinajstić information content (AvgIpc) is 2.53. The van der Waals surface area contributed by atoms with E-state index in [1.165, 1.54) is 11.3 Å². The molecule has 118 valence electrons. The summed E-state index contributed by atoms with van der Waals surface area (Å²) >= 11 is 2.03. The smallest absolute Gasteiger partial charge is 0.123 e. The van der Waals surface area contributed by atoms with Gasteiger partial charge in [-0.05, 0) is 31.8 Å². The van der Waals surface area contributed by atoms with Crippen molar-refractivity contribution >= 4 is 11.8 Å². The van der Waals surface area contributed by atoms with Gasteiger partial charge in [0, 0.05) is 29.7 Å². The molecule has 1 aliphatic rings. The van der Waals surface area contributed by atoms with Gasteiger partial charge >= 0.3 is 0 Å². The second-order valence-electron chi connectivity index (χ2n) is 5.27. The minimum absolute atomic E-state index is 0.248. The number of ether oxygens (including phenoxy) is 2. The van der Waals surface area contributed by atoms with E-state index in [0.717, 1.165) is 30.3 Å². The zero-order valence-electron chi connectivity index (χ0n) is 13.4. The van der Waals surface area contributed by atoms with Crippen molar-refractivity contribution < 1.29 is 9.47 Å². The fraction of sp³-hybridized carbons (Fsp3) is 0.625. The van der Waals surface area contributed by atoms with Crippen LogP contribution in [-0.4, -0.2) is 56.8 Å². The summed E-state index contributed by atoms with van der Waals surface area (Å²) in [5, 5.41) is 3.63. The van der Waals surface area contributed by atoms with Crippen LogP contribution in [0.4, 0.5) is 0 Å². The van der Waals surface area contributed by atoms with Crippen LogP contribution >= 0.6 is 11.8 Å². The molecule has 0 bridgehead atoms. The molecule has 1 aromatic carbocycles. The van der Waals surface area contributed by atoms with Gasteiger partial charge in [-0.15, -0.1) is 0 Å². The van der Waals surface area contributed by atoms with E-state index in [-0.39, 0.29) is 6.04 Å². The minimum Gasteiger partial charge on any atom is -0.497 e. The van der Waals surface area contributed by atoms with E-state index in [1.807, 2.05) is 23.9 Å². The van der Waals surface area contributed by atoms with E-state index in [2.05, 4.69) is 30.3 Å². The Morgan fingerprint density at radius 2 is 2.19 bits per heavy atom. The van der Waals surface area contributed by atoms with E-state index in [9.17, 15) is 0 Å². The SMILES string of the molecule is CCNC(c1cc(OC)ccc1OC)C1CSCCN1C. The standard InChI is InChI=1S/C16H26N2O2S/c1-5-17-16(14-11-21-9-8-18(14)2)13-10-12(19-3)6-7-15(13)20-4/h6-7,10,14,16-17H,5,8-9,11H2,1-4H3. The second kappa shape index (κ2) is 7.92.